The van der Waals surface area contributed by atoms with Crippen LogP contribution in [0.5, 0.6) is 11.5 Å². The van der Waals surface area contributed by atoms with Gasteiger partial charge < -0.3 is 24.6 Å². The molecule has 0 bridgehead atoms. The summed E-state index contributed by atoms with van der Waals surface area (Å²) in [5, 5.41) is 13.2. The van der Waals surface area contributed by atoms with Crippen molar-refractivity contribution in [3.63, 3.8) is 0 Å². The van der Waals surface area contributed by atoms with Crippen molar-refractivity contribution in [2.75, 3.05) is 13.9 Å². The molecule has 4 unspecified atom stereocenters. The molecule has 24 heavy (non-hydrogen) atoms. The summed E-state index contributed by atoms with van der Waals surface area (Å²) in [6, 6.07) is 5.21. The second kappa shape index (κ2) is 5.37. The molecule has 1 aromatic rings. The summed E-state index contributed by atoms with van der Waals surface area (Å²) >= 11 is 0. The van der Waals surface area contributed by atoms with Gasteiger partial charge in [-0.1, -0.05) is 6.07 Å². The Balaban J connectivity index is 1.87. The Hall–Kier alpha value is -2.28. The van der Waals surface area contributed by atoms with Gasteiger partial charge in [0.15, 0.2) is 11.5 Å². The molecule has 0 aromatic heterocycles. The Bertz CT molecular complexity index is 704. The largest absolute Gasteiger partial charge is 0.468 e. The first-order chi connectivity index (χ1) is 11.6. The number of hydrogen-bond acceptors (Lipinski definition) is 6. The molecule has 0 radical (unpaired) electrons. The summed E-state index contributed by atoms with van der Waals surface area (Å²) in [5.74, 6) is -0.693. The van der Waals surface area contributed by atoms with Gasteiger partial charge in [-0.15, -0.1) is 0 Å². The van der Waals surface area contributed by atoms with Crippen LogP contribution in [0, 0.1) is 5.92 Å². The lowest BCUT2D eigenvalue weighted by Gasteiger charge is -2.43. The van der Waals surface area contributed by atoms with Crippen LogP contribution in [0.25, 0.3) is 0 Å². The number of carbonyl (C=O) groups excluding carboxylic acids is 2. The first-order valence-corrected chi connectivity index (χ1v) is 8.02. The van der Waals surface area contributed by atoms with Gasteiger partial charge in [-0.3, -0.25) is 9.59 Å². The van der Waals surface area contributed by atoms with E-state index in [1.807, 2.05) is 12.1 Å². The number of methoxy groups -OCH3 is 1. The van der Waals surface area contributed by atoms with Crippen molar-refractivity contribution in [3.8, 4) is 11.5 Å². The van der Waals surface area contributed by atoms with E-state index < -0.39 is 23.4 Å². The van der Waals surface area contributed by atoms with Crippen LogP contribution in [0.1, 0.15) is 24.8 Å². The van der Waals surface area contributed by atoms with Gasteiger partial charge in [-0.2, -0.15) is 0 Å². The van der Waals surface area contributed by atoms with Crippen molar-refractivity contribution < 1.29 is 28.9 Å². The third kappa shape index (κ3) is 2.00. The Morgan fingerprint density at radius 2 is 2.12 bits per heavy atom. The summed E-state index contributed by atoms with van der Waals surface area (Å²) < 4.78 is 15.7. The first kappa shape index (κ1) is 15.3. The molecule has 2 N–H and O–H groups in total. The molecule has 1 saturated carbocycles. The number of rotatable bonds is 2. The Kier molecular flexibility index (Phi) is 3.42. The van der Waals surface area contributed by atoms with Crippen LogP contribution in [0.3, 0.4) is 0 Å². The third-order valence-corrected chi connectivity index (χ3v) is 5.42. The summed E-state index contributed by atoms with van der Waals surface area (Å²) in [7, 11) is 1.27. The topological polar surface area (TPSA) is 94.1 Å². The van der Waals surface area contributed by atoms with E-state index in [0.717, 1.165) is 5.56 Å². The minimum Gasteiger partial charge on any atom is -0.468 e. The number of hydrogen-bond donors (Lipinski definition) is 2. The number of ether oxygens (including phenoxy) is 3. The SMILES string of the molecule is COC(=O)C1C(=O)NC2CCC(O)CC21c1ccc2c(c1)OCO2. The lowest BCUT2D eigenvalue weighted by molar-refractivity contribution is -0.151. The molecule has 7 heteroatoms. The van der Waals surface area contributed by atoms with E-state index in [4.69, 9.17) is 14.2 Å². The minimum absolute atomic E-state index is 0.148. The molecule has 3 aliphatic rings. The number of esters is 1. The lowest BCUT2D eigenvalue weighted by atomic mass is 9.61. The fourth-order valence-corrected chi connectivity index (χ4v) is 4.37. The molecule has 4 atom stereocenters. The molecule has 1 aromatic carbocycles. The van der Waals surface area contributed by atoms with Crippen LogP contribution in [0.2, 0.25) is 0 Å². The smallest absolute Gasteiger partial charge is 0.319 e. The van der Waals surface area contributed by atoms with Crippen LogP contribution < -0.4 is 14.8 Å². The summed E-state index contributed by atoms with van der Waals surface area (Å²) in [5.41, 5.74) is -0.0627. The lowest BCUT2D eigenvalue weighted by Crippen LogP contribution is -2.51. The van der Waals surface area contributed by atoms with Gasteiger partial charge in [0, 0.05) is 11.5 Å². The van der Waals surface area contributed by atoms with Gasteiger partial charge in [0.05, 0.1) is 13.2 Å². The van der Waals surface area contributed by atoms with E-state index in [2.05, 4.69) is 5.32 Å². The molecule has 0 spiro atoms. The van der Waals surface area contributed by atoms with Gasteiger partial charge in [0.25, 0.3) is 0 Å². The highest BCUT2D eigenvalue weighted by Crippen LogP contribution is 2.51. The Morgan fingerprint density at radius 3 is 2.92 bits per heavy atom. The van der Waals surface area contributed by atoms with E-state index in [1.54, 1.807) is 6.07 Å². The maximum Gasteiger partial charge on any atom is 0.319 e. The quantitative estimate of drug-likeness (QED) is 0.604. The number of fused-ring (bicyclic) bond motifs is 2. The Morgan fingerprint density at radius 1 is 1.33 bits per heavy atom. The average Bonchev–Trinajstić information content (AvgIpc) is 3.15. The number of aliphatic hydroxyl groups is 1. The molecule has 128 valence electrons. The highest BCUT2D eigenvalue weighted by Gasteiger charge is 2.61. The molecule has 1 amide bonds. The normalized spacial score (nSPS) is 33.8. The Labute approximate surface area is 138 Å². The molecule has 2 heterocycles. The molecule has 1 aliphatic carbocycles. The van der Waals surface area contributed by atoms with Crippen LogP contribution in [-0.4, -0.2) is 43.0 Å². The average molecular weight is 333 g/mol. The van der Waals surface area contributed by atoms with Crippen LogP contribution in [0.15, 0.2) is 18.2 Å². The van der Waals surface area contributed by atoms with Crippen molar-refractivity contribution in [1.29, 1.82) is 0 Å². The molecular weight excluding hydrogens is 314 g/mol. The van der Waals surface area contributed by atoms with Gasteiger partial charge in [-0.05, 0) is 37.0 Å². The van der Waals surface area contributed by atoms with E-state index in [9.17, 15) is 14.7 Å². The summed E-state index contributed by atoms with van der Waals surface area (Å²) in [6.45, 7) is 0.148. The fourth-order valence-electron chi connectivity index (χ4n) is 4.37. The predicted octanol–water partition coefficient (Wildman–Crippen LogP) is 0.485. The summed E-state index contributed by atoms with van der Waals surface area (Å²) in [6.07, 6.45) is 0.932. The van der Waals surface area contributed by atoms with Gasteiger partial charge in [0.1, 0.15) is 5.92 Å². The number of benzene rings is 1. The second-order valence-corrected chi connectivity index (χ2v) is 6.56. The van der Waals surface area contributed by atoms with E-state index in [1.165, 1.54) is 7.11 Å². The van der Waals surface area contributed by atoms with Crippen LogP contribution in [0.4, 0.5) is 0 Å². The maximum absolute atomic E-state index is 12.5. The second-order valence-electron chi connectivity index (χ2n) is 6.56. The third-order valence-electron chi connectivity index (χ3n) is 5.42. The van der Waals surface area contributed by atoms with E-state index >= 15 is 0 Å². The number of aliphatic hydroxyl groups excluding tert-OH is 1. The van der Waals surface area contributed by atoms with E-state index in [0.29, 0.717) is 30.8 Å². The molecule has 4 rings (SSSR count). The van der Waals surface area contributed by atoms with Gasteiger partial charge in [-0.25, -0.2) is 0 Å². The highest BCUT2D eigenvalue weighted by atomic mass is 16.7. The predicted molar refractivity (Wildman–Crippen MR) is 81.5 cm³/mol. The zero-order chi connectivity index (χ0) is 16.9. The van der Waals surface area contributed by atoms with Crippen molar-refractivity contribution in [2.45, 2.75) is 36.8 Å². The molecular formula is C17H19NO6. The minimum atomic E-state index is -0.983. The molecule has 2 fully saturated rings. The van der Waals surface area contributed by atoms with Crippen molar-refractivity contribution in [2.24, 2.45) is 5.92 Å². The van der Waals surface area contributed by atoms with Crippen molar-refractivity contribution in [1.82, 2.24) is 5.32 Å². The maximum atomic E-state index is 12.5. The van der Waals surface area contributed by atoms with Crippen molar-refractivity contribution in [3.05, 3.63) is 23.8 Å². The van der Waals surface area contributed by atoms with Gasteiger partial charge in [0.2, 0.25) is 12.7 Å². The zero-order valence-electron chi connectivity index (χ0n) is 13.3. The molecule has 7 nitrogen and oxygen atoms in total. The van der Waals surface area contributed by atoms with E-state index in [-0.39, 0.29) is 18.7 Å². The fraction of sp³-hybridized carbons (Fsp3) is 0.529. The zero-order valence-corrected chi connectivity index (χ0v) is 13.3. The van der Waals surface area contributed by atoms with Crippen LogP contribution in [-0.2, 0) is 19.7 Å². The first-order valence-electron chi connectivity index (χ1n) is 8.02. The van der Waals surface area contributed by atoms with Crippen LogP contribution >= 0.6 is 0 Å². The molecule has 2 aliphatic heterocycles. The molecule has 1 saturated heterocycles. The summed E-state index contributed by atoms with van der Waals surface area (Å²) in [4.78, 5) is 24.9. The standard InChI is InChI=1S/C17H19NO6/c1-22-16(21)14-15(20)18-13-5-3-10(19)7-17(13,14)9-2-4-11-12(6-9)24-8-23-11/h2,4,6,10,13-14,19H,3,5,7-8H2,1H3,(H,18,20). The van der Waals surface area contributed by atoms with Gasteiger partial charge >= 0.3 is 5.97 Å². The number of carbonyl (C=O) groups is 2. The van der Waals surface area contributed by atoms with Crippen molar-refractivity contribution >= 4 is 11.9 Å². The number of nitrogens with one attached hydrogen (secondary N) is 1. The highest BCUT2D eigenvalue weighted by molar-refractivity contribution is 6.02. The number of amides is 1. The monoisotopic (exact) mass is 333 g/mol.